The minimum atomic E-state index is -2.53. The maximum atomic E-state index is 12.7. The van der Waals surface area contributed by atoms with Gasteiger partial charge >= 0.3 is 0 Å². The van der Waals surface area contributed by atoms with Crippen molar-refractivity contribution in [3.63, 3.8) is 0 Å². The van der Waals surface area contributed by atoms with Crippen molar-refractivity contribution in [1.82, 2.24) is 0 Å². The summed E-state index contributed by atoms with van der Waals surface area (Å²) in [4.78, 5) is 13.9. The van der Waals surface area contributed by atoms with Crippen molar-refractivity contribution in [2.75, 3.05) is 11.9 Å². The van der Waals surface area contributed by atoms with Crippen molar-refractivity contribution in [2.24, 2.45) is 0 Å². The highest BCUT2D eigenvalue weighted by atomic mass is 32.2. The molecule has 0 unspecified atom stereocenters. The molecule has 0 aliphatic heterocycles. The molecule has 0 fully saturated rings. The quantitative estimate of drug-likeness (QED) is 0.547. The number of quaternary nitrogens is 1. The van der Waals surface area contributed by atoms with E-state index in [4.69, 9.17) is 0 Å². The van der Waals surface area contributed by atoms with Gasteiger partial charge in [-0.15, -0.1) is 11.3 Å². The summed E-state index contributed by atoms with van der Waals surface area (Å²) in [5, 5.41) is 6.72. The van der Waals surface area contributed by atoms with E-state index >= 15 is 0 Å². The summed E-state index contributed by atoms with van der Waals surface area (Å²) in [6.45, 7) is 0.186. The van der Waals surface area contributed by atoms with E-state index < -0.39 is 5.76 Å². The normalized spacial score (nSPS) is 12.1. The highest BCUT2D eigenvalue weighted by Gasteiger charge is 2.20. The molecule has 140 valence electrons. The molecule has 1 aromatic heterocycles. The summed E-state index contributed by atoms with van der Waals surface area (Å²) in [7, 11) is 0. The molecule has 0 saturated carbocycles. The Morgan fingerprint density at radius 1 is 1.04 bits per heavy atom. The number of nitrogens with one attached hydrogen (secondary N) is 1. The predicted molar refractivity (Wildman–Crippen MR) is 106 cm³/mol. The Bertz CT molecular complexity index is 857. The first-order chi connectivity index (χ1) is 13.1. The number of anilines is 1. The molecule has 0 saturated heterocycles. The molecule has 7 heteroatoms. The van der Waals surface area contributed by atoms with Crippen LogP contribution in [0.1, 0.15) is 16.5 Å². The van der Waals surface area contributed by atoms with Crippen molar-refractivity contribution in [2.45, 2.75) is 16.7 Å². The maximum absolute atomic E-state index is 12.7. The van der Waals surface area contributed by atoms with Crippen molar-refractivity contribution >= 4 is 34.7 Å². The van der Waals surface area contributed by atoms with E-state index in [1.54, 1.807) is 35.6 Å². The van der Waals surface area contributed by atoms with Gasteiger partial charge in [-0.3, -0.25) is 4.79 Å². The van der Waals surface area contributed by atoms with Gasteiger partial charge in [-0.1, -0.05) is 60.3 Å². The fourth-order valence-corrected chi connectivity index (χ4v) is 4.19. The monoisotopic (exact) mass is 405 g/mol. The number of alkyl halides is 2. The summed E-state index contributed by atoms with van der Waals surface area (Å²) in [5.74, 6) is -2.76. The largest absolute Gasteiger partial charge is 0.328 e. The lowest BCUT2D eigenvalue weighted by atomic mass is 10.1. The first-order valence-corrected chi connectivity index (χ1v) is 10.1. The first-order valence-electron chi connectivity index (χ1n) is 8.39. The zero-order valence-corrected chi connectivity index (χ0v) is 16.0. The maximum Gasteiger partial charge on any atom is 0.288 e. The zero-order valence-electron chi connectivity index (χ0n) is 14.3. The molecule has 1 atom stereocenters. The third-order valence-corrected chi connectivity index (χ3v) is 5.67. The van der Waals surface area contributed by atoms with Crippen LogP contribution in [0.4, 0.5) is 14.5 Å². The summed E-state index contributed by atoms with van der Waals surface area (Å²) in [5.41, 5.74) is 1.52. The van der Waals surface area contributed by atoms with Crippen molar-refractivity contribution in [1.29, 1.82) is 0 Å². The van der Waals surface area contributed by atoms with Gasteiger partial charge in [0.2, 0.25) is 0 Å². The number of hydrogen-bond donors (Lipinski definition) is 2. The van der Waals surface area contributed by atoms with Gasteiger partial charge in [0.15, 0.2) is 6.54 Å². The van der Waals surface area contributed by atoms with Crippen LogP contribution in [0.2, 0.25) is 0 Å². The van der Waals surface area contributed by atoms with E-state index in [-0.39, 0.29) is 18.5 Å². The van der Waals surface area contributed by atoms with Crippen LogP contribution in [0.3, 0.4) is 0 Å². The summed E-state index contributed by atoms with van der Waals surface area (Å²) >= 11 is 2.07. The molecular weight excluding hydrogens is 386 g/mol. The molecule has 3 N–H and O–H groups in total. The third kappa shape index (κ3) is 5.63. The molecule has 1 amide bonds. The molecule has 0 bridgehead atoms. The Kier molecular flexibility index (Phi) is 6.98. The van der Waals surface area contributed by atoms with Crippen molar-refractivity contribution < 1.29 is 18.9 Å². The molecule has 3 aromatic rings. The number of nitrogens with two attached hydrogens (primary N) is 1. The Hall–Kier alpha value is -2.22. The van der Waals surface area contributed by atoms with Crippen LogP contribution in [0, 0.1) is 0 Å². The molecule has 0 radical (unpaired) electrons. The number of rotatable bonds is 8. The van der Waals surface area contributed by atoms with Crippen LogP contribution in [0.15, 0.2) is 77.0 Å². The molecular formula is C20H19F2N2OS2+. The van der Waals surface area contributed by atoms with Crippen LogP contribution in [-0.4, -0.2) is 18.2 Å². The van der Waals surface area contributed by atoms with E-state index in [2.05, 4.69) is 5.32 Å². The molecule has 0 spiro atoms. The Morgan fingerprint density at radius 2 is 1.78 bits per heavy atom. The fraction of sp³-hybridized carbons (Fsp3) is 0.150. The molecule has 1 heterocycles. The van der Waals surface area contributed by atoms with Gasteiger partial charge in [0.25, 0.3) is 11.7 Å². The Labute approximate surface area is 164 Å². The zero-order chi connectivity index (χ0) is 19.1. The SMILES string of the molecule is O=C(C[NH2+][C@H](c1ccccc1)c1cccs1)Nc1ccccc1SC(F)F. The van der Waals surface area contributed by atoms with E-state index in [0.717, 1.165) is 10.4 Å². The fourth-order valence-electron chi connectivity index (χ4n) is 2.74. The number of para-hydroxylation sites is 1. The molecule has 2 aromatic carbocycles. The van der Waals surface area contributed by atoms with Gasteiger partial charge < -0.3 is 10.6 Å². The number of halogens is 2. The summed E-state index contributed by atoms with van der Waals surface area (Å²) in [6.07, 6.45) is 0. The highest BCUT2D eigenvalue weighted by Crippen LogP contribution is 2.31. The number of carbonyl (C=O) groups is 1. The van der Waals surface area contributed by atoms with E-state index in [1.807, 2.05) is 53.2 Å². The van der Waals surface area contributed by atoms with Crippen molar-refractivity contribution in [3.8, 4) is 0 Å². The second-order valence-electron chi connectivity index (χ2n) is 5.77. The standard InChI is InChI=1S/C20H18F2N2OS2/c21-20(22)27-16-10-5-4-9-15(16)24-18(25)13-23-19(17-11-6-12-26-17)14-7-2-1-3-8-14/h1-12,19-20,23H,13H2,(H,24,25)/p+1/t19-/m1/s1. The van der Waals surface area contributed by atoms with Gasteiger partial charge in [-0.05, 0) is 23.6 Å². The van der Waals surface area contributed by atoms with Crippen molar-refractivity contribution in [3.05, 3.63) is 82.6 Å². The summed E-state index contributed by atoms with van der Waals surface area (Å²) < 4.78 is 25.4. The number of amides is 1. The number of carbonyl (C=O) groups excluding carboxylic acids is 1. The Morgan fingerprint density at radius 3 is 2.48 bits per heavy atom. The van der Waals surface area contributed by atoms with Gasteiger partial charge in [0.1, 0.15) is 6.04 Å². The van der Waals surface area contributed by atoms with Crippen LogP contribution < -0.4 is 10.6 Å². The van der Waals surface area contributed by atoms with Gasteiger partial charge in [-0.25, -0.2) is 0 Å². The second kappa shape index (κ2) is 9.64. The third-order valence-electron chi connectivity index (χ3n) is 3.92. The minimum absolute atomic E-state index is 0.0163. The van der Waals surface area contributed by atoms with E-state index in [1.165, 1.54) is 0 Å². The van der Waals surface area contributed by atoms with Gasteiger partial charge in [-0.2, -0.15) is 8.78 Å². The number of thioether (sulfide) groups is 1. The average molecular weight is 406 g/mol. The highest BCUT2D eigenvalue weighted by molar-refractivity contribution is 7.99. The van der Waals surface area contributed by atoms with Crippen LogP contribution >= 0.6 is 23.1 Å². The number of benzene rings is 2. The number of thiophene rings is 1. The lowest BCUT2D eigenvalue weighted by Gasteiger charge is -2.15. The lowest BCUT2D eigenvalue weighted by molar-refractivity contribution is -0.675. The lowest BCUT2D eigenvalue weighted by Crippen LogP contribution is -2.87. The molecule has 0 aliphatic carbocycles. The predicted octanol–water partition coefficient (Wildman–Crippen LogP) is 4.35. The average Bonchev–Trinajstić information content (AvgIpc) is 3.18. The van der Waals surface area contributed by atoms with Crippen LogP contribution in [0.5, 0.6) is 0 Å². The smallest absolute Gasteiger partial charge is 0.288 e. The molecule has 0 aliphatic rings. The Balaban J connectivity index is 1.67. The van der Waals surface area contributed by atoms with Crippen LogP contribution in [0.25, 0.3) is 0 Å². The summed E-state index contributed by atoms with van der Waals surface area (Å²) in [6, 6.07) is 20.6. The molecule has 3 nitrogen and oxygen atoms in total. The molecule has 3 rings (SSSR count). The topological polar surface area (TPSA) is 45.7 Å². The second-order valence-corrected chi connectivity index (χ2v) is 7.78. The van der Waals surface area contributed by atoms with E-state index in [9.17, 15) is 13.6 Å². The number of hydrogen-bond acceptors (Lipinski definition) is 3. The molecule has 27 heavy (non-hydrogen) atoms. The van der Waals surface area contributed by atoms with Gasteiger partial charge in [0, 0.05) is 10.5 Å². The first kappa shape index (κ1) is 19.5. The van der Waals surface area contributed by atoms with Crippen LogP contribution in [-0.2, 0) is 4.79 Å². The van der Waals surface area contributed by atoms with Gasteiger partial charge in [0.05, 0.1) is 10.6 Å². The minimum Gasteiger partial charge on any atom is -0.328 e. The van der Waals surface area contributed by atoms with E-state index in [0.29, 0.717) is 22.3 Å².